The van der Waals surface area contributed by atoms with E-state index in [1.807, 2.05) is 0 Å². The number of amides is 1. The van der Waals surface area contributed by atoms with E-state index >= 15 is 0 Å². The molecular weight excluding hydrogens is 164 g/mol. The molecule has 0 aromatic carbocycles. The van der Waals surface area contributed by atoms with Gasteiger partial charge in [0.2, 0.25) is 5.91 Å². The van der Waals surface area contributed by atoms with Crippen LogP contribution in [0.1, 0.15) is 13.3 Å². The molecule has 0 spiro atoms. The summed E-state index contributed by atoms with van der Waals surface area (Å²) in [5.74, 6) is -4.84. The van der Waals surface area contributed by atoms with Crippen LogP contribution in [0.3, 0.4) is 0 Å². The minimum atomic E-state index is -2.73. The topological polar surface area (TPSA) is 20.3 Å². The highest BCUT2D eigenvalue weighted by Gasteiger charge is 2.70. The van der Waals surface area contributed by atoms with Crippen molar-refractivity contribution < 1.29 is 13.6 Å². The lowest BCUT2D eigenvalue weighted by molar-refractivity contribution is -0.138. The second kappa shape index (κ2) is 2.18. The lowest BCUT2D eigenvalue weighted by atomic mass is 10.2. The maximum Gasteiger partial charge on any atom is 0.263 e. The summed E-state index contributed by atoms with van der Waals surface area (Å²) in [6.07, 6.45) is 0.957. The van der Waals surface area contributed by atoms with Gasteiger partial charge in [-0.15, -0.1) is 0 Å². The van der Waals surface area contributed by atoms with Crippen molar-refractivity contribution in [1.29, 1.82) is 0 Å². The van der Waals surface area contributed by atoms with E-state index in [9.17, 15) is 13.6 Å². The molecule has 68 valence electrons. The van der Waals surface area contributed by atoms with Gasteiger partial charge < -0.3 is 4.90 Å². The molecule has 2 rings (SSSR count). The van der Waals surface area contributed by atoms with Crippen molar-refractivity contribution in [2.24, 2.45) is 11.8 Å². The first-order valence-electron chi connectivity index (χ1n) is 4.21. The summed E-state index contributed by atoms with van der Waals surface area (Å²) in [6, 6.07) is 0. The van der Waals surface area contributed by atoms with Crippen LogP contribution in [0.25, 0.3) is 0 Å². The van der Waals surface area contributed by atoms with Crippen molar-refractivity contribution >= 4 is 5.91 Å². The number of nitrogens with zero attached hydrogens (tertiary/aromatic N) is 1. The Morgan fingerprint density at radius 2 is 2.00 bits per heavy atom. The van der Waals surface area contributed by atoms with Gasteiger partial charge in [-0.25, -0.2) is 8.78 Å². The van der Waals surface area contributed by atoms with Gasteiger partial charge in [0.25, 0.3) is 5.92 Å². The number of hydrogen-bond donors (Lipinski definition) is 0. The number of carbonyl (C=O) groups is 1. The molecule has 2 aliphatic rings. The highest BCUT2D eigenvalue weighted by molar-refractivity contribution is 5.84. The zero-order valence-electron chi connectivity index (χ0n) is 6.89. The molecule has 0 aromatic heterocycles. The lowest BCUT2D eigenvalue weighted by Gasteiger charge is -2.30. The Kier molecular flexibility index (Phi) is 1.44. The summed E-state index contributed by atoms with van der Waals surface area (Å²) >= 11 is 0. The van der Waals surface area contributed by atoms with Crippen molar-refractivity contribution in [2.45, 2.75) is 19.3 Å². The highest BCUT2D eigenvalue weighted by atomic mass is 19.3. The summed E-state index contributed by atoms with van der Waals surface area (Å²) in [4.78, 5) is 12.8. The van der Waals surface area contributed by atoms with Gasteiger partial charge in [-0.2, -0.15) is 0 Å². The largest absolute Gasteiger partial charge is 0.342 e. The number of alkyl halides is 2. The average Bonchev–Trinajstić information content (AvgIpc) is 2.28. The van der Waals surface area contributed by atoms with Crippen molar-refractivity contribution in [3.63, 3.8) is 0 Å². The molecule has 12 heavy (non-hydrogen) atoms. The Hall–Kier alpha value is -0.670. The Balaban J connectivity index is 1.98. The molecule has 0 radical (unpaired) electrons. The summed E-state index contributed by atoms with van der Waals surface area (Å²) in [6.45, 7) is 2.76. The third-order valence-electron chi connectivity index (χ3n) is 2.85. The molecule has 2 nitrogen and oxygen atoms in total. The minimum absolute atomic E-state index is 0.348. The summed E-state index contributed by atoms with van der Waals surface area (Å²) in [5, 5.41) is 0. The summed E-state index contributed by atoms with van der Waals surface area (Å²) in [7, 11) is 0. The van der Waals surface area contributed by atoms with Crippen LogP contribution >= 0.6 is 0 Å². The second-order valence-electron chi connectivity index (χ2n) is 3.62. The van der Waals surface area contributed by atoms with E-state index in [1.54, 1.807) is 0 Å². The molecule has 1 heterocycles. The Morgan fingerprint density at radius 3 is 2.25 bits per heavy atom. The molecule has 4 heteroatoms. The van der Waals surface area contributed by atoms with E-state index in [-0.39, 0.29) is 5.91 Å². The van der Waals surface area contributed by atoms with Crippen LogP contribution in [0.2, 0.25) is 0 Å². The normalized spacial score (nSPS) is 37.4. The summed E-state index contributed by atoms with van der Waals surface area (Å²) < 4.78 is 25.4. The van der Waals surface area contributed by atoms with E-state index in [1.165, 1.54) is 11.8 Å². The predicted molar refractivity (Wildman–Crippen MR) is 38.8 cm³/mol. The molecule has 0 bridgehead atoms. The molecule has 1 amide bonds. The van der Waals surface area contributed by atoms with Gasteiger partial charge in [-0.05, 0) is 6.42 Å². The molecule has 1 saturated heterocycles. The van der Waals surface area contributed by atoms with Crippen molar-refractivity contribution in [1.82, 2.24) is 4.90 Å². The van der Waals surface area contributed by atoms with E-state index in [0.717, 1.165) is 6.42 Å². The lowest BCUT2D eigenvalue weighted by Crippen LogP contribution is -2.43. The van der Waals surface area contributed by atoms with Crippen LogP contribution in [0.4, 0.5) is 8.78 Å². The van der Waals surface area contributed by atoms with Gasteiger partial charge in [0.1, 0.15) is 5.92 Å². The fourth-order valence-electron chi connectivity index (χ4n) is 1.59. The van der Waals surface area contributed by atoms with Crippen LogP contribution in [0.5, 0.6) is 0 Å². The van der Waals surface area contributed by atoms with E-state index in [2.05, 4.69) is 0 Å². The van der Waals surface area contributed by atoms with Gasteiger partial charge in [0.15, 0.2) is 0 Å². The zero-order chi connectivity index (χ0) is 8.93. The van der Waals surface area contributed by atoms with Crippen LogP contribution in [-0.4, -0.2) is 29.8 Å². The van der Waals surface area contributed by atoms with Gasteiger partial charge >= 0.3 is 0 Å². The molecule has 0 N–H and O–H groups in total. The smallest absolute Gasteiger partial charge is 0.263 e. The fraction of sp³-hybridized carbons (Fsp3) is 0.875. The monoisotopic (exact) mass is 175 g/mol. The first-order chi connectivity index (χ1) is 5.55. The second-order valence-corrected chi connectivity index (χ2v) is 3.62. The van der Waals surface area contributed by atoms with Crippen molar-refractivity contribution in [2.75, 3.05) is 13.1 Å². The maximum absolute atomic E-state index is 12.7. The highest BCUT2D eigenvalue weighted by Crippen LogP contribution is 2.55. The van der Waals surface area contributed by atoms with E-state index in [4.69, 9.17) is 0 Å². The third kappa shape index (κ3) is 0.867. The van der Waals surface area contributed by atoms with Gasteiger partial charge in [0.05, 0.1) is 0 Å². The van der Waals surface area contributed by atoms with Gasteiger partial charge in [-0.3, -0.25) is 4.79 Å². The first kappa shape index (κ1) is 7.95. The predicted octanol–water partition coefficient (Wildman–Crippen LogP) is 1.12. The standard InChI is InChI=1S/C8H11F2NO/c1-5-6(8(5,9)10)7(12)11-3-2-4-11/h5-6H,2-4H2,1H3. The Bertz CT molecular complexity index is 225. The molecule has 1 saturated carbocycles. The number of likely N-dealkylation sites (tertiary alicyclic amines) is 1. The first-order valence-corrected chi connectivity index (χ1v) is 4.21. The van der Waals surface area contributed by atoms with Crippen LogP contribution < -0.4 is 0 Å². The SMILES string of the molecule is CC1C(C(=O)N2CCC2)C1(F)F. The molecule has 2 unspecified atom stereocenters. The van der Waals surface area contributed by atoms with Crippen LogP contribution in [0, 0.1) is 11.8 Å². The summed E-state index contributed by atoms with van der Waals surface area (Å²) in [5.41, 5.74) is 0. The molecule has 0 aromatic rings. The number of halogens is 2. The zero-order valence-corrected chi connectivity index (χ0v) is 6.89. The number of rotatable bonds is 1. The molecule has 2 atom stereocenters. The van der Waals surface area contributed by atoms with Crippen molar-refractivity contribution in [3.8, 4) is 0 Å². The van der Waals surface area contributed by atoms with Gasteiger partial charge in [0, 0.05) is 19.0 Å². The van der Waals surface area contributed by atoms with Gasteiger partial charge in [-0.1, -0.05) is 6.92 Å². The van der Waals surface area contributed by atoms with E-state index < -0.39 is 17.8 Å². The average molecular weight is 175 g/mol. The molecular formula is C8H11F2NO. The molecule has 1 aliphatic heterocycles. The minimum Gasteiger partial charge on any atom is -0.342 e. The third-order valence-corrected chi connectivity index (χ3v) is 2.85. The maximum atomic E-state index is 12.7. The molecule has 2 fully saturated rings. The number of carbonyl (C=O) groups excluding carboxylic acids is 1. The van der Waals surface area contributed by atoms with E-state index in [0.29, 0.717) is 13.1 Å². The Labute approximate surface area is 69.5 Å². The van der Waals surface area contributed by atoms with Crippen LogP contribution in [-0.2, 0) is 4.79 Å². The fourth-order valence-corrected chi connectivity index (χ4v) is 1.59. The van der Waals surface area contributed by atoms with Crippen LogP contribution in [0.15, 0.2) is 0 Å². The molecule has 1 aliphatic carbocycles. The number of hydrogen-bond acceptors (Lipinski definition) is 1. The van der Waals surface area contributed by atoms with Crippen molar-refractivity contribution in [3.05, 3.63) is 0 Å². The Morgan fingerprint density at radius 1 is 1.50 bits per heavy atom. The quantitative estimate of drug-likeness (QED) is 0.584.